The zero-order chi connectivity index (χ0) is 27.5. The van der Waals surface area contributed by atoms with E-state index in [1.807, 2.05) is 66.7 Å². The fraction of sp³-hybridized carbons (Fsp3) is 0.212. The van der Waals surface area contributed by atoms with Gasteiger partial charge >= 0.3 is 5.97 Å². The number of hydrogen-bond acceptors (Lipinski definition) is 5. The molecule has 0 aliphatic heterocycles. The number of amides is 1. The topological polar surface area (TPSA) is 73.9 Å². The van der Waals surface area contributed by atoms with E-state index >= 15 is 0 Å². The van der Waals surface area contributed by atoms with Crippen LogP contribution in [0, 0.1) is 6.92 Å². The number of carbonyl (C=O) groups is 2. The summed E-state index contributed by atoms with van der Waals surface area (Å²) < 4.78 is 16.6. The van der Waals surface area contributed by atoms with Crippen LogP contribution in [0.15, 0.2) is 103 Å². The highest BCUT2D eigenvalue weighted by atomic mass is 16.5. The maximum atomic E-state index is 12.9. The van der Waals surface area contributed by atoms with E-state index in [9.17, 15) is 9.59 Å². The Morgan fingerprint density at radius 1 is 0.744 bits per heavy atom. The van der Waals surface area contributed by atoms with Crippen molar-refractivity contribution in [2.45, 2.75) is 32.4 Å². The second kappa shape index (κ2) is 13.8. The Labute approximate surface area is 229 Å². The molecule has 4 aromatic rings. The number of hydrogen-bond donors (Lipinski definition) is 1. The van der Waals surface area contributed by atoms with Crippen molar-refractivity contribution in [1.82, 2.24) is 5.32 Å². The maximum absolute atomic E-state index is 12.9. The third kappa shape index (κ3) is 8.20. The average Bonchev–Trinajstić information content (AvgIpc) is 2.98. The van der Waals surface area contributed by atoms with Crippen LogP contribution in [0.5, 0.6) is 11.5 Å². The standard InChI is InChI=1S/C33H33NO5/c1-24-8-6-7-11-27(24)20-21-38-29-18-14-28(15-19-29)32(35)34-31(33(36)37-2)22-25-12-16-30(17-13-25)39-23-26-9-4-3-5-10-26/h3-19,31H,20-23H2,1-2H3,(H,34,35)/t31-/m0/s1. The van der Waals surface area contributed by atoms with Crippen LogP contribution in [0.2, 0.25) is 0 Å². The van der Waals surface area contributed by atoms with Crippen molar-refractivity contribution in [3.63, 3.8) is 0 Å². The van der Waals surface area contributed by atoms with Crippen LogP contribution in [0.25, 0.3) is 0 Å². The molecule has 0 fully saturated rings. The summed E-state index contributed by atoms with van der Waals surface area (Å²) in [5, 5.41) is 2.80. The highest BCUT2D eigenvalue weighted by Gasteiger charge is 2.23. The van der Waals surface area contributed by atoms with E-state index < -0.39 is 12.0 Å². The van der Waals surface area contributed by atoms with Crippen molar-refractivity contribution in [3.05, 3.63) is 131 Å². The van der Waals surface area contributed by atoms with Crippen molar-refractivity contribution in [2.75, 3.05) is 13.7 Å². The van der Waals surface area contributed by atoms with Gasteiger partial charge in [-0.1, -0.05) is 66.7 Å². The number of rotatable bonds is 12. The Bertz CT molecular complexity index is 1350. The molecular formula is C33H33NO5. The molecular weight excluding hydrogens is 490 g/mol. The molecule has 0 spiro atoms. The summed E-state index contributed by atoms with van der Waals surface area (Å²) in [4.78, 5) is 25.3. The predicted molar refractivity (Wildman–Crippen MR) is 151 cm³/mol. The lowest BCUT2D eigenvalue weighted by Gasteiger charge is -2.17. The molecule has 0 aliphatic rings. The van der Waals surface area contributed by atoms with Crippen molar-refractivity contribution < 1.29 is 23.8 Å². The highest BCUT2D eigenvalue weighted by Crippen LogP contribution is 2.17. The fourth-order valence-corrected chi connectivity index (χ4v) is 4.15. The first-order valence-corrected chi connectivity index (χ1v) is 12.9. The summed E-state index contributed by atoms with van der Waals surface area (Å²) in [6.07, 6.45) is 1.09. The minimum Gasteiger partial charge on any atom is -0.493 e. The van der Waals surface area contributed by atoms with Crippen molar-refractivity contribution in [1.29, 1.82) is 0 Å². The Morgan fingerprint density at radius 3 is 2.08 bits per heavy atom. The van der Waals surface area contributed by atoms with Gasteiger partial charge in [-0.2, -0.15) is 0 Å². The molecule has 1 atom stereocenters. The molecule has 4 aromatic carbocycles. The first-order chi connectivity index (χ1) is 19.0. The summed E-state index contributed by atoms with van der Waals surface area (Å²) in [7, 11) is 1.31. The van der Waals surface area contributed by atoms with E-state index in [4.69, 9.17) is 14.2 Å². The Morgan fingerprint density at radius 2 is 1.38 bits per heavy atom. The normalized spacial score (nSPS) is 11.3. The maximum Gasteiger partial charge on any atom is 0.328 e. The lowest BCUT2D eigenvalue weighted by molar-refractivity contribution is -0.142. The molecule has 6 nitrogen and oxygen atoms in total. The third-order valence-electron chi connectivity index (χ3n) is 6.42. The number of nitrogens with one attached hydrogen (secondary N) is 1. The van der Waals surface area contributed by atoms with Crippen LogP contribution in [-0.2, 0) is 29.0 Å². The molecule has 200 valence electrons. The smallest absolute Gasteiger partial charge is 0.328 e. The minimum absolute atomic E-state index is 0.289. The fourth-order valence-electron chi connectivity index (χ4n) is 4.15. The monoisotopic (exact) mass is 523 g/mol. The molecule has 0 radical (unpaired) electrons. The summed E-state index contributed by atoms with van der Waals surface area (Å²) in [5.41, 5.74) is 4.87. The van der Waals surface area contributed by atoms with Crippen molar-refractivity contribution in [2.24, 2.45) is 0 Å². The second-order valence-electron chi connectivity index (χ2n) is 9.22. The van der Waals surface area contributed by atoms with E-state index in [1.54, 1.807) is 24.3 Å². The molecule has 0 unspecified atom stereocenters. The van der Waals surface area contributed by atoms with Crippen LogP contribution in [0.1, 0.15) is 32.6 Å². The molecule has 0 saturated carbocycles. The molecule has 1 amide bonds. The van der Waals surface area contributed by atoms with Gasteiger partial charge in [0, 0.05) is 18.4 Å². The molecule has 4 rings (SSSR count). The summed E-state index contributed by atoms with van der Waals surface area (Å²) in [5.74, 6) is 0.533. The van der Waals surface area contributed by atoms with E-state index in [0.717, 1.165) is 23.3 Å². The van der Waals surface area contributed by atoms with Gasteiger partial charge in [0.1, 0.15) is 24.1 Å². The van der Waals surface area contributed by atoms with Gasteiger partial charge in [0.15, 0.2) is 0 Å². The van der Waals surface area contributed by atoms with Gasteiger partial charge in [-0.25, -0.2) is 4.79 Å². The zero-order valence-electron chi connectivity index (χ0n) is 22.3. The van der Waals surface area contributed by atoms with Crippen LogP contribution in [0.3, 0.4) is 0 Å². The van der Waals surface area contributed by atoms with Crippen LogP contribution in [0.4, 0.5) is 0 Å². The van der Waals surface area contributed by atoms with Crippen LogP contribution in [-0.4, -0.2) is 31.6 Å². The molecule has 0 bridgehead atoms. The van der Waals surface area contributed by atoms with Gasteiger partial charge in [-0.3, -0.25) is 4.79 Å². The van der Waals surface area contributed by atoms with Gasteiger partial charge in [0.2, 0.25) is 0 Å². The quantitative estimate of drug-likeness (QED) is 0.241. The van der Waals surface area contributed by atoms with Crippen LogP contribution < -0.4 is 14.8 Å². The molecule has 39 heavy (non-hydrogen) atoms. The van der Waals surface area contributed by atoms with Crippen molar-refractivity contribution in [3.8, 4) is 11.5 Å². The van der Waals surface area contributed by atoms with Gasteiger partial charge in [0.05, 0.1) is 13.7 Å². The van der Waals surface area contributed by atoms with Crippen LogP contribution >= 0.6 is 0 Å². The Balaban J connectivity index is 1.30. The first kappa shape index (κ1) is 27.5. The molecule has 1 N–H and O–H groups in total. The molecule has 0 aromatic heterocycles. The number of ether oxygens (including phenoxy) is 3. The summed E-state index contributed by atoms with van der Waals surface area (Å²) >= 11 is 0. The second-order valence-corrected chi connectivity index (χ2v) is 9.22. The molecule has 0 heterocycles. The first-order valence-electron chi connectivity index (χ1n) is 12.9. The van der Waals surface area contributed by atoms with E-state index in [-0.39, 0.29) is 12.3 Å². The predicted octanol–water partition coefficient (Wildman–Crippen LogP) is 5.71. The lowest BCUT2D eigenvalue weighted by atomic mass is 10.0. The number of methoxy groups -OCH3 is 1. The average molecular weight is 524 g/mol. The van der Waals surface area contributed by atoms with Gasteiger partial charge < -0.3 is 19.5 Å². The number of benzene rings is 4. The van der Waals surface area contributed by atoms with Gasteiger partial charge in [0.25, 0.3) is 5.91 Å². The summed E-state index contributed by atoms with van der Waals surface area (Å²) in [6.45, 7) is 3.09. The molecule has 0 saturated heterocycles. The zero-order valence-corrected chi connectivity index (χ0v) is 22.3. The van der Waals surface area contributed by atoms with E-state index in [0.29, 0.717) is 24.5 Å². The molecule has 0 aliphatic carbocycles. The van der Waals surface area contributed by atoms with E-state index in [2.05, 4.69) is 24.4 Å². The minimum atomic E-state index is -0.830. The molecule has 6 heteroatoms. The lowest BCUT2D eigenvalue weighted by Crippen LogP contribution is -2.43. The largest absolute Gasteiger partial charge is 0.493 e. The van der Waals surface area contributed by atoms with Gasteiger partial charge in [-0.15, -0.1) is 0 Å². The number of aryl methyl sites for hydroxylation is 1. The highest BCUT2D eigenvalue weighted by molar-refractivity contribution is 5.96. The number of esters is 1. The Hall–Kier alpha value is -4.58. The summed E-state index contributed by atoms with van der Waals surface area (Å²) in [6, 6.07) is 31.7. The number of carbonyl (C=O) groups excluding carboxylic acids is 2. The third-order valence-corrected chi connectivity index (χ3v) is 6.42. The van der Waals surface area contributed by atoms with E-state index in [1.165, 1.54) is 18.2 Å². The Kier molecular flexibility index (Phi) is 9.73. The van der Waals surface area contributed by atoms with Crippen molar-refractivity contribution >= 4 is 11.9 Å². The van der Waals surface area contributed by atoms with Gasteiger partial charge in [-0.05, 0) is 65.6 Å². The SMILES string of the molecule is COC(=O)[C@H](Cc1ccc(OCc2ccccc2)cc1)NC(=O)c1ccc(OCCc2ccccc2C)cc1.